The van der Waals surface area contributed by atoms with Gasteiger partial charge >= 0.3 is 0 Å². The molecule has 0 atom stereocenters. The molecule has 4 N–H and O–H groups in total. The molecule has 0 spiro atoms. The molecule has 0 aliphatic rings. The molecule has 13 heavy (non-hydrogen) atoms. The van der Waals surface area contributed by atoms with E-state index in [1.54, 1.807) is 0 Å². The molecule has 0 unspecified atom stereocenters. The lowest BCUT2D eigenvalue weighted by Crippen LogP contribution is -2.17. The molecule has 0 radical (unpaired) electrons. The summed E-state index contributed by atoms with van der Waals surface area (Å²) in [6.45, 7) is 4.72. The molecule has 1 rings (SSSR count). The maximum absolute atomic E-state index is 5.60. The van der Waals surface area contributed by atoms with Crippen molar-refractivity contribution in [3.8, 4) is 0 Å². The van der Waals surface area contributed by atoms with E-state index in [1.807, 2.05) is 13.8 Å². The maximum Gasteiger partial charge on any atom is 0.199 e. The molecule has 1 heterocycles. The van der Waals surface area contributed by atoms with Crippen molar-refractivity contribution in [2.75, 3.05) is 12.3 Å². The highest BCUT2D eigenvalue weighted by Gasteiger charge is 2.09. The van der Waals surface area contributed by atoms with Crippen molar-refractivity contribution in [2.45, 2.75) is 13.8 Å². The van der Waals surface area contributed by atoms with E-state index >= 15 is 0 Å². The summed E-state index contributed by atoms with van der Waals surface area (Å²) in [6, 6.07) is 0. The lowest BCUT2D eigenvalue weighted by atomic mass is 10.2. The Morgan fingerprint density at radius 1 is 1.54 bits per heavy atom. The Hall–Kier alpha value is -1.59. The summed E-state index contributed by atoms with van der Waals surface area (Å²) < 4.78 is 4.39. The topological polar surface area (TPSA) is 103 Å². The quantitative estimate of drug-likeness (QED) is 0.507. The molecule has 0 fully saturated rings. The van der Waals surface area contributed by atoms with Crippen LogP contribution in [-0.4, -0.2) is 22.7 Å². The van der Waals surface area contributed by atoms with Gasteiger partial charge in [-0.25, -0.2) is 4.63 Å². The molecule has 1 aromatic rings. The van der Waals surface area contributed by atoms with Crippen LogP contribution in [0.3, 0.4) is 0 Å². The van der Waals surface area contributed by atoms with Gasteiger partial charge in [0.2, 0.25) is 0 Å². The standard InChI is InChI=1S/C7H13N5O/c1-4(2)3-10-6(8)5-7(9)12-13-11-5/h4H,3H2,1-2H3,(H2,8,10)(H2,9,12). The van der Waals surface area contributed by atoms with Crippen LogP contribution in [-0.2, 0) is 0 Å². The minimum absolute atomic E-state index is 0.171. The summed E-state index contributed by atoms with van der Waals surface area (Å²) in [4.78, 5) is 4.08. The lowest BCUT2D eigenvalue weighted by Gasteiger charge is -1.99. The molecular formula is C7H13N5O. The Balaban J connectivity index is 2.73. The number of rotatable bonds is 3. The van der Waals surface area contributed by atoms with Crippen LogP contribution in [0, 0.1) is 5.92 Å². The second-order valence-electron chi connectivity index (χ2n) is 3.12. The number of hydrogen-bond acceptors (Lipinski definition) is 5. The van der Waals surface area contributed by atoms with Gasteiger partial charge in [-0.3, -0.25) is 4.99 Å². The fraction of sp³-hybridized carbons (Fsp3) is 0.571. The summed E-state index contributed by atoms with van der Waals surface area (Å²) >= 11 is 0. The first-order valence-electron chi connectivity index (χ1n) is 3.99. The summed E-state index contributed by atoms with van der Waals surface area (Å²) in [5.41, 5.74) is 11.3. The van der Waals surface area contributed by atoms with Gasteiger partial charge in [0.15, 0.2) is 17.3 Å². The number of nitrogens with two attached hydrogens (primary N) is 2. The second kappa shape index (κ2) is 3.88. The van der Waals surface area contributed by atoms with Crippen LogP contribution in [0.1, 0.15) is 19.5 Å². The van der Waals surface area contributed by atoms with Crippen LogP contribution in [0.5, 0.6) is 0 Å². The van der Waals surface area contributed by atoms with Crippen molar-refractivity contribution in [3.63, 3.8) is 0 Å². The summed E-state index contributed by atoms with van der Waals surface area (Å²) in [7, 11) is 0. The maximum atomic E-state index is 5.60. The first-order chi connectivity index (χ1) is 6.11. The normalized spacial score (nSPS) is 12.4. The summed E-state index contributed by atoms with van der Waals surface area (Å²) in [6.07, 6.45) is 0. The first kappa shape index (κ1) is 9.50. The van der Waals surface area contributed by atoms with E-state index in [2.05, 4.69) is 19.9 Å². The van der Waals surface area contributed by atoms with Crippen LogP contribution in [0.2, 0.25) is 0 Å². The summed E-state index contributed by atoms with van der Waals surface area (Å²) in [5, 5.41) is 6.92. The Labute approximate surface area is 76.0 Å². The molecule has 6 heteroatoms. The minimum atomic E-state index is 0.171. The average Bonchev–Trinajstić information content (AvgIpc) is 2.47. The van der Waals surface area contributed by atoms with Crippen LogP contribution in [0.4, 0.5) is 5.82 Å². The van der Waals surface area contributed by atoms with Gasteiger partial charge in [0.25, 0.3) is 0 Å². The van der Waals surface area contributed by atoms with Gasteiger partial charge in [-0.1, -0.05) is 13.8 Å². The van der Waals surface area contributed by atoms with E-state index in [9.17, 15) is 0 Å². The van der Waals surface area contributed by atoms with Gasteiger partial charge in [0, 0.05) is 6.54 Å². The van der Waals surface area contributed by atoms with Crippen molar-refractivity contribution in [3.05, 3.63) is 5.69 Å². The second-order valence-corrected chi connectivity index (χ2v) is 3.12. The largest absolute Gasteiger partial charge is 0.382 e. The van der Waals surface area contributed by atoms with Gasteiger partial charge in [-0.2, -0.15) is 0 Å². The van der Waals surface area contributed by atoms with E-state index in [0.717, 1.165) is 0 Å². The molecule has 0 amide bonds. The minimum Gasteiger partial charge on any atom is -0.382 e. The van der Waals surface area contributed by atoms with Crippen LogP contribution < -0.4 is 11.5 Å². The molecule has 0 aliphatic carbocycles. The van der Waals surface area contributed by atoms with Crippen molar-refractivity contribution in [1.29, 1.82) is 0 Å². The fourth-order valence-corrected chi connectivity index (χ4v) is 0.729. The third kappa shape index (κ3) is 2.43. The first-order valence-corrected chi connectivity index (χ1v) is 3.99. The predicted molar refractivity (Wildman–Crippen MR) is 49.1 cm³/mol. The van der Waals surface area contributed by atoms with Crippen LogP contribution in [0.25, 0.3) is 0 Å². The molecule has 72 valence electrons. The third-order valence-corrected chi connectivity index (χ3v) is 1.38. The van der Waals surface area contributed by atoms with Gasteiger partial charge < -0.3 is 11.5 Å². The molecule has 0 aromatic carbocycles. The highest BCUT2D eigenvalue weighted by molar-refractivity contribution is 5.99. The van der Waals surface area contributed by atoms with E-state index in [4.69, 9.17) is 11.5 Å². The highest BCUT2D eigenvalue weighted by atomic mass is 16.6. The van der Waals surface area contributed by atoms with Gasteiger partial charge in [-0.05, 0) is 16.2 Å². The van der Waals surface area contributed by atoms with E-state index < -0.39 is 0 Å². The Bertz CT molecular complexity index is 304. The molecule has 6 nitrogen and oxygen atoms in total. The van der Waals surface area contributed by atoms with Crippen molar-refractivity contribution in [2.24, 2.45) is 16.6 Å². The number of amidine groups is 1. The van der Waals surface area contributed by atoms with Crippen LogP contribution in [0.15, 0.2) is 9.62 Å². The van der Waals surface area contributed by atoms with Crippen molar-refractivity contribution >= 4 is 11.7 Å². The zero-order valence-corrected chi connectivity index (χ0v) is 7.69. The van der Waals surface area contributed by atoms with E-state index in [0.29, 0.717) is 18.2 Å². The Kier molecular flexibility index (Phi) is 2.84. The van der Waals surface area contributed by atoms with Crippen LogP contribution >= 0.6 is 0 Å². The zero-order chi connectivity index (χ0) is 9.84. The Morgan fingerprint density at radius 2 is 2.23 bits per heavy atom. The number of nitrogen functional groups attached to an aromatic ring is 1. The number of aliphatic imine (C=N–C) groups is 1. The predicted octanol–water partition coefficient (Wildman–Crippen LogP) is 0.0131. The molecule has 0 saturated heterocycles. The Morgan fingerprint density at radius 3 is 2.69 bits per heavy atom. The average molecular weight is 183 g/mol. The number of aromatic nitrogens is 2. The number of nitrogens with zero attached hydrogens (tertiary/aromatic N) is 3. The van der Waals surface area contributed by atoms with E-state index in [1.165, 1.54) is 0 Å². The van der Waals surface area contributed by atoms with Crippen molar-refractivity contribution in [1.82, 2.24) is 10.3 Å². The van der Waals surface area contributed by atoms with Gasteiger partial charge in [-0.15, -0.1) is 0 Å². The molecule has 0 saturated carbocycles. The molecular weight excluding hydrogens is 170 g/mol. The lowest BCUT2D eigenvalue weighted by molar-refractivity contribution is 0.308. The third-order valence-electron chi connectivity index (χ3n) is 1.38. The smallest absolute Gasteiger partial charge is 0.199 e. The molecule has 1 aromatic heterocycles. The molecule has 0 aliphatic heterocycles. The molecule has 0 bridgehead atoms. The zero-order valence-electron chi connectivity index (χ0n) is 7.69. The SMILES string of the molecule is CC(C)CN=C(N)c1nonc1N. The monoisotopic (exact) mass is 183 g/mol. The van der Waals surface area contributed by atoms with E-state index in [-0.39, 0.29) is 11.7 Å². The van der Waals surface area contributed by atoms with Gasteiger partial charge in [0.1, 0.15) is 0 Å². The summed E-state index contributed by atoms with van der Waals surface area (Å²) in [5.74, 6) is 0.886. The number of hydrogen-bond donors (Lipinski definition) is 2. The van der Waals surface area contributed by atoms with Crippen molar-refractivity contribution < 1.29 is 4.63 Å². The highest BCUT2D eigenvalue weighted by Crippen LogP contribution is 2.03. The van der Waals surface area contributed by atoms with Gasteiger partial charge in [0.05, 0.1) is 0 Å². The number of anilines is 1. The fourth-order valence-electron chi connectivity index (χ4n) is 0.729.